The average Bonchev–Trinajstić information content (AvgIpc) is 2.87. The van der Waals surface area contributed by atoms with Gasteiger partial charge in [0.25, 0.3) is 0 Å². The minimum Gasteiger partial charge on any atom is -0.493 e. The SMILES string of the molecule is COc1cc(C#N)ccc1OC(CCN1CCN(c2ccc(F)cc2)CC1)c1cccc(F)c1. The maximum atomic E-state index is 14.0. The highest BCUT2D eigenvalue weighted by Crippen LogP contribution is 2.33. The van der Waals surface area contributed by atoms with E-state index >= 15 is 0 Å². The largest absolute Gasteiger partial charge is 0.493 e. The van der Waals surface area contributed by atoms with Gasteiger partial charge in [-0.05, 0) is 54.1 Å². The first-order valence-electron chi connectivity index (χ1n) is 11.3. The van der Waals surface area contributed by atoms with E-state index in [0.717, 1.165) is 44.0 Å². The van der Waals surface area contributed by atoms with Crippen molar-refractivity contribution in [2.75, 3.05) is 44.7 Å². The number of piperazine rings is 1. The molecule has 1 aliphatic rings. The summed E-state index contributed by atoms with van der Waals surface area (Å²) in [7, 11) is 1.53. The average molecular weight is 464 g/mol. The number of ether oxygens (including phenoxy) is 2. The summed E-state index contributed by atoms with van der Waals surface area (Å²) < 4.78 is 38.9. The van der Waals surface area contributed by atoms with Gasteiger partial charge < -0.3 is 14.4 Å². The van der Waals surface area contributed by atoms with E-state index in [4.69, 9.17) is 14.7 Å². The molecule has 176 valence electrons. The molecule has 4 rings (SSSR count). The van der Waals surface area contributed by atoms with Crippen molar-refractivity contribution >= 4 is 5.69 Å². The van der Waals surface area contributed by atoms with Crippen molar-refractivity contribution in [1.29, 1.82) is 5.26 Å². The van der Waals surface area contributed by atoms with Crippen LogP contribution < -0.4 is 14.4 Å². The van der Waals surface area contributed by atoms with E-state index in [-0.39, 0.29) is 17.7 Å². The Morgan fingerprint density at radius 2 is 1.68 bits per heavy atom. The van der Waals surface area contributed by atoms with Crippen LogP contribution in [-0.4, -0.2) is 44.7 Å². The third-order valence-electron chi connectivity index (χ3n) is 6.05. The smallest absolute Gasteiger partial charge is 0.162 e. The van der Waals surface area contributed by atoms with Gasteiger partial charge in [0.2, 0.25) is 0 Å². The fourth-order valence-corrected chi connectivity index (χ4v) is 4.17. The first kappa shape index (κ1) is 23.5. The highest BCUT2D eigenvalue weighted by atomic mass is 19.1. The maximum Gasteiger partial charge on any atom is 0.162 e. The summed E-state index contributed by atoms with van der Waals surface area (Å²) in [6.45, 7) is 4.21. The van der Waals surface area contributed by atoms with Gasteiger partial charge in [-0.15, -0.1) is 0 Å². The Morgan fingerprint density at radius 3 is 2.35 bits per heavy atom. The zero-order chi connectivity index (χ0) is 23.9. The molecule has 1 aliphatic heterocycles. The second-order valence-corrected chi connectivity index (χ2v) is 8.23. The molecule has 0 amide bonds. The van der Waals surface area contributed by atoms with E-state index in [1.165, 1.54) is 31.4 Å². The lowest BCUT2D eigenvalue weighted by Crippen LogP contribution is -2.46. The van der Waals surface area contributed by atoms with Crippen molar-refractivity contribution in [3.63, 3.8) is 0 Å². The lowest BCUT2D eigenvalue weighted by atomic mass is 10.1. The van der Waals surface area contributed by atoms with Crippen LogP contribution in [0.15, 0.2) is 66.7 Å². The highest BCUT2D eigenvalue weighted by molar-refractivity contribution is 5.47. The van der Waals surface area contributed by atoms with Crippen molar-refractivity contribution in [2.24, 2.45) is 0 Å². The van der Waals surface area contributed by atoms with Gasteiger partial charge in [0.1, 0.15) is 17.7 Å². The molecule has 7 heteroatoms. The number of nitrogens with zero attached hydrogens (tertiary/aromatic N) is 3. The van der Waals surface area contributed by atoms with Crippen LogP contribution in [0.5, 0.6) is 11.5 Å². The van der Waals surface area contributed by atoms with Crippen molar-refractivity contribution in [2.45, 2.75) is 12.5 Å². The molecule has 0 aliphatic carbocycles. The molecule has 34 heavy (non-hydrogen) atoms. The van der Waals surface area contributed by atoms with Crippen molar-refractivity contribution in [3.05, 3.63) is 89.5 Å². The van der Waals surface area contributed by atoms with Crippen LogP contribution in [0, 0.1) is 23.0 Å². The van der Waals surface area contributed by atoms with Crippen LogP contribution in [0.3, 0.4) is 0 Å². The summed E-state index contributed by atoms with van der Waals surface area (Å²) in [5, 5.41) is 9.16. The molecule has 5 nitrogen and oxygen atoms in total. The summed E-state index contributed by atoms with van der Waals surface area (Å²) in [6, 6.07) is 20.1. The van der Waals surface area contributed by atoms with E-state index in [1.54, 1.807) is 24.3 Å². The molecular formula is C27H27F2N3O2. The number of anilines is 1. The zero-order valence-electron chi connectivity index (χ0n) is 19.1. The Bertz CT molecular complexity index is 1140. The molecule has 0 saturated carbocycles. The number of hydrogen-bond donors (Lipinski definition) is 0. The molecule has 0 N–H and O–H groups in total. The molecule has 0 spiro atoms. The normalized spacial score (nSPS) is 14.9. The van der Waals surface area contributed by atoms with E-state index < -0.39 is 0 Å². The Hall–Kier alpha value is -3.63. The molecule has 0 aromatic heterocycles. The van der Waals surface area contributed by atoms with Crippen LogP contribution >= 0.6 is 0 Å². The summed E-state index contributed by atoms with van der Waals surface area (Å²) in [6.07, 6.45) is 0.274. The molecule has 1 saturated heterocycles. The molecule has 1 fully saturated rings. The number of nitriles is 1. The van der Waals surface area contributed by atoms with Gasteiger partial charge in [-0.2, -0.15) is 5.26 Å². The Morgan fingerprint density at radius 1 is 0.912 bits per heavy atom. The standard InChI is InChI=1S/C27H27F2N3O2/c1-33-27-17-20(19-30)5-10-26(27)34-25(21-3-2-4-23(29)18-21)11-12-31-13-15-32(16-14-31)24-8-6-22(28)7-9-24/h2-10,17-18,25H,11-16H2,1H3. The predicted octanol–water partition coefficient (Wildman–Crippen LogP) is 5.18. The number of methoxy groups -OCH3 is 1. The number of hydrogen-bond acceptors (Lipinski definition) is 5. The lowest BCUT2D eigenvalue weighted by Gasteiger charge is -2.36. The van der Waals surface area contributed by atoms with Gasteiger partial charge in [0, 0.05) is 50.9 Å². The van der Waals surface area contributed by atoms with E-state index in [0.29, 0.717) is 23.5 Å². The summed E-state index contributed by atoms with van der Waals surface area (Å²) >= 11 is 0. The number of benzene rings is 3. The van der Waals surface area contributed by atoms with Crippen molar-refractivity contribution < 1.29 is 18.3 Å². The monoisotopic (exact) mass is 463 g/mol. The summed E-state index contributed by atoms with van der Waals surface area (Å²) in [5.74, 6) is 0.431. The minimum atomic E-state index is -0.382. The minimum absolute atomic E-state index is 0.232. The van der Waals surface area contributed by atoms with Gasteiger partial charge in [0.15, 0.2) is 11.5 Å². The van der Waals surface area contributed by atoms with Crippen molar-refractivity contribution in [1.82, 2.24) is 4.90 Å². The molecule has 0 bridgehead atoms. The van der Waals surface area contributed by atoms with Gasteiger partial charge in [-0.1, -0.05) is 12.1 Å². The topological polar surface area (TPSA) is 48.7 Å². The van der Waals surface area contributed by atoms with Gasteiger partial charge >= 0.3 is 0 Å². The Balaban J connectivity index is 1.43. The van der Waals surface area contributed by atoms with E-state index in [2.05, 4.69) is 15.9 Å². The summed E-state index contributed by atoms with van der Waals surface area (Å²) in [5.41, 5.74) is 2.25. The molecule has 1 heterocycles. The first-order valence-corrected chi connectivity index (χ1v) is 11.3. The predicted molar refractivity (Wildman–Crippen MR) is 127 cm³/mol. The van der Waals surface area contributed by atoms with Crippen LogP contribution in [0.1, 0.15) is 23.7 Å². The summed E-state index contributed by atoms with van der Waals surface area (Å²) in [4.78, 5) is 4.60. The van der Waals surface area contributed by atoms with Gasteiger partial charge in [-0.3, -0.25) is 4.90 Å². The molecule has 3 aromatic carbocycles. The number of rotatable bonds is 8. The van der Waals surface area contributed by atoms with E-state index in [1.807, 2.05) is 18.2 Å². The van der Waals surface area contributed by atoms with Gasteiger partial charge in [0.05, 0.1) is 18.7 Å². The van der Waals surface area contributed by atoms with Gasteiger partial charge in [-0.25, -0.2) is 8.78 Å². The van der Waals surface area contributed by atoms with Crippen LogP contribution in [0.25, 0.3) is 0 Å². The fourth-order valence-electron chi connectivity index (χ4n) is 4.17. The molecule has 1 atom stereocenters. The molecule has 1 unspecified atom stereocenters. The molecule has 0 radical (unpaired) electrons. The Kier molecular flexibility index (Phi) is 7.61. The molecule has 3 aromatic rings. The highest BCUT2D eigenvalue weighted by Gasteiger charge is 2.21. The Labute approximate surface area is 198 Å². The third kappa shape index (κ3) is 5.83. The van der Waals surface area contributed by atoms with Crippen LogP contribution in [0.4, 0.5) is 14.5 Å². The second-order valence-electron chi connectivity index (χ2n) is 8.23. The lowest BCUT2D eigenvalue weighted by molar-refractivity contribution is 0.155. The van der Waals surface area contributed by atoms with Crippen LogP contribution in [-0.2, 0) is 0 Å². The van der Waals surface area contributed by atoms with E-state index in [9.17, 15) is 8.78 Å². The fraction of sp³-hybridized carbons (Fsp3) is 0.296. The first-order chi connectivity index (χ1) is 16.6. The zero-order valence-corrected chi connectivity index (χ0v) is 19.1. The number of halogens is 2. The molecular weight excluding hydrogens is 436 g/mol. The maximum absolute atomic E-state index is 14.0. The quantitative estimate of drug-likeness (QED) is 0.461. The third-order valence-corrected chi connectivity index (χ3v) is 6.05. The van der Waals surface area contributed by atoms with Crippen molar-refractivity contribution in [3.8, 4) is 17.6 Å². The second kappa shape index (κ2) is 11.0. The van der Waals surface area contributed by atoms with Crippen LogP contribution in [0.2, 0.25) is 0 Å².